The van der Waals surface area contributed by atoms with Gasteiger partial charge in [0, 0.05) is 0 Å². The lowest BCUT2D eigenvalue weighted by molar-refractivity contribution is -0.234. The first kappa shape index (κ1) is 16.0. The van der Waals surface area contributed by atoms with Crippen molar-refractivity contribution in [2.45, 2.75) is 70.0 Å². The normalized spacial score (nSPS) is 44.1. The maximum absolute atomic E-state index is 6.02. The largest absolute Gasteiger partial charge is 0.362 e. The van der Waals surface area contributed by atoms with Crippen LogP contribution >= 0.6 is 11.8 Å². The molecule has 3 aliphatic rings. The van der Waals surface area contributed by atoms with Gasteiger partial charge in [-0.05, 0) is 34.0 Å². The van der Waals surface area contributed by atoms with E-state index in [4.69, 9.17) is 28.4 Å². The molecule has 0 bridgehead atoms. The zero-order chi connectivity index (χ0) is 15.3. The summed E-state index contributed by atoms with van der Waals surface area (Å²) in [5.74, 6) is -0.654. The molecule has 0 amide bonds. The van der Waals surface area contributed by atoms with E-state index in [-0.39, 0.29) is 24.4 Å². The second kappa shape index (κ2) is 5.63. The summed E-state index contributed by atoms with van der Waals surface area (Å²) in [6, 6.07) is 0. The fourth-order valence-corrected chi connectivity index (χ4v) is 3.31. The smallest absolute Gasteiger partial charge is 0.190 e. The van der Waals surface area contributed by atoms with Crippen LogP contribution in [-0.4, -0.2) is 61.1 Å². The molecule has 0 N–H and O–H groups in total. The Morgan fingerprint density at radius 2 is 1.81 bits per heavy atom. The van der Waals surface area contributed by atoms with Crippen molar-refractivity contribution in [1.82, 2.24) is 0 Å². The summed E-state index contributed by atoms with van der Waals surface area (Å²) in [5, 5.41) is 0. The second-order valence-corrected chi connectivity index (χ2v) is 7.29. The highest BCUT2D eigenvalue weighted by molar-refractivity contribution is 7.98. The Kier molecular flexibility index (Phi) is 4.29. The molecule has 0 saturated carbocycles. The van der Waals surface area contributed by atoms with Crippen LogP contribution in [0.25, 0.3) is 0 Å². The SMILES string of the molecule is CSCO[C@H]1[C@@H]([C@H]2COC(C)(C)O2)OC2OC(C)(C)O[C@@H]21. The molecular formula is C14H24O6S. The molecule has 3 heterocycles. The molecular weight excluding hydrogens is 296 g/mol. The van der Waals surface area contributed by atoms with E-state index in [0.29, 0.717) is 12.5 Å². The van der Waals surface area contributed by atoms with Crippen LogP contribution in [0.15, 0.2) is 0 Å². The molecule has 1 unspecified atom stereocenters. The number of thioether (sulfide) groups is 1. The van der Waals surface area contributed by atoms with Crippen LogP contribution in [-0.2, 0) is 28.4 Å². The van der Waals surface area contributed by atoms with E-state index in [1.165, 1.54) is 0 Å². The lowest BCUT2D eigenvalue weighted by Crippen LogP contribution is -2.44. The minimum Gasteiger partial charge on any atom is -0.362 e. The number of hydrogen-bond acceptors (Lipinski definition) is 7. The molecule has 0 aromatic heterocycles. The lowest BCUT2D eigenvalue weighted by Gasteiger charge is -2.28. The monoisotopic (exact) mass is 320 g/mol. The fourth-order valence-electron chi connectivity index (χ4n) is 3.02. The molecule has 3 saturated heterocycles. The minimum atomic E-state index is -0.645. The molecule has 3 fully saturated rings. The van der Waals surface area contributed by atoms with Crippen LogP contribution in [0.2, 0.25) is 0 Å². The van der Waals surface area contributed by atoms with E-state index in [0.717, 1.165) is 0 Å². The first-order chi connectivity index (χ1) is 9.81. The van der Waals surface area contributed by atoms with Crippen LogP contribution in [0, 0.1) is 0 Å². The van der Waals surface area contributed by atoms with E-state index in [1.807, 2.05) is 34.0 Å². The van der Waals surface area contributed by atoms with E-state index in [9.17, 15) is 0 Å². The fraction of sp³-hybridized carbons (Fsp3) is 1.00. The summed E-state index contributed by atoms with van der Waals surface area (Å²) < 4.78 is 35.3. The molecule has 3 aliphatic heterocycles. The van der Waals surface area contributed by atoms with Gasteiger partial charge in [0.2, 0.25) is 0 Å². The molecule has 0 aromatic carbocycles. The number of fused-ring (bicyclic) bond motifs is 1. The summed E-state index contributed by atoms with van der Waals surface area (Å²) in [7, 11) is 0. The predicted octanol–water partition coefficient (Wildman–Crippen LogP) is 1.72. The van der Waals surface area contributed by atoms with Gasteiger partial charge in [0.25, 0.3) is 0 Å². The quantitative estimate of drug-likeness (QED) is 0.731. The van der Waals surface area contributed by atoms with E-state index < -0.39 is 17.9 Å². The van der Waals surface area contributed by atoms with Gasteiger partial charge in [0.1, 0.15) is 24.4 Å². The van der Waals surface area contributed by atoms with Gasteiger partial charge in [-0.3, -0.25) is 0 Å². The summed E-state index contributed by atoms with van der Waals surface area (Å²) in [4.78, 5) is 0. The molecule has 3 rings (SSSR count). The second-order valence-electron chi connectivity index (χ2n) is 6.47. The summed E-state index contributed by atoms with van der Waals surface area (Å²) in [6.07, 6.45) is 0.717. The third-order valence-electron chi connectivity index (χ3n) is 3.80. The van der Waals surface area contributed by atoms with Crippen molar-refractivity contribution >= 4 is 11.8 Å². The Balaban J connectivity index is 1.72. The van der Waals surface area contributed by atoms with Crippen LogP contribution in [0.3, 0.4) is 0 Å². The average Bonchev–Trinajstić information content (AvgIpc) is 2.96. The van der Waals surface area contributed by atoms with Crippen molar-refractivity contribution < 1.29 is 28.4 Å². The maximum Gasteiger partial charge on any atom is 0.190 e. The molecule has 7 heteroatoms. The molecule has 0 spiro atoms. The van der Waals surface area contributed by atoms with Crippen molar-refractivity contribution in [3.63, 3.8) is 0 Å². The highest BCUT2D eigenvalue weighted by atomic mass is 32.2. The zero-order valence-corrected chi connectivity index (χ0v) is 14.0. The number of rotatable bonds is 4. The van der Waals surface area contributed by atoms with Crippen molar-refractivity contribution in [2.75, 3.05) is 18.8 Å². The van der Waals surface area contributed by atoms with Gasteiger partial charge in [-0.25, -0.2) is 0 Å². The highest BCUT2D eigenvalue weighted by Crippen LogP contribution is 2.42. The molecule has 0 aromatic rings. The molecule has 0 aliphatic carbocycles. The molecule has 0 radical (unpaired) electrons. The van der Waals surface area contributed by atoms with Crippen molar-refractivity contribution in [3.05, 3.63) is 0 Å². The third kappa shape index (κ3) is 3.24. The topological polar surface area (TPSA) is 55.4 Å². The van der Waals surface area contributed by atoms with E-state index >= 15 is 0 Å². The zero-order valence-electron chi connectivity index (χ0n) is 13.2. The molecule has 6 nitrogen and oxygen atoms in total. The lowest BCUT2D eigenvalue weighted by atomic mass is 10.1. The van der Waals surface area contributed by atoms with Crippen LogP contribution in [0.4, 0.5) is 0 Å². The Morgan fingerprint density at radius 1 is 1.05 bits per heavy atom. The standard InChI is InChI=1S/C14H24O6S/c1-13(2)16-6-8(18-13)9-10(15-7-21-5)11-12(17-9)20-14(3,4)19-11/h8-12H,6-7H2,1-5H3/t8-,9-,10+,11-,12?/m1/s1. The van der Waals surface area contributed by atoms with Crippen molar-refractivity contribution in [2.24, 2.45) is 0 Å². The Morgan fingerprint density at radius 3 is 2.43 bits per heavy atom. The predicted molar refractivity (Wildman–Crippen MR) is 76.9 cm³/mol. The van der Waals surface area contributed by atoms with Gasteiger partial charge in [-0.2, -0.15) is 0 Å². The van der Waals surface area contributed by atoms with Gasteiger partial charge in [0.05, 0.1) is 12.5 Å². The van der Waals surface area contributed by atoms with Crippen LogP contribution < -0.4 is 0 Å². The number of hydrogen-bond donors (Lipinski definition) is 0. The first-order valence-electron chi connectivity index (χ1n) is 7.25. The summed E-state index contributed by atoms with van der Waals surface area (Å²) in [5.41, 5.74) is 0. The van der Waals surface area contributed by atoms with Crippen LogP contribution in [0.1, 0.15) is 27.7 Å². The maximum atomic E-state index is 6.02. The summed E-state index contributed by atoms with van der Waals surface area (Å²) in [6.45, 7) is 8.05. The average molecular weight is 320 g/mol. The van der Waals surface area contributed by atoms with Gasteiger partial charge >= 0.3 is 0 Å². The molecule has 122 valence electrons. The van der Waals surface area contributed by atoms with E-state index in [1.54, 1.807) is 11.8 Å². The van der Waals surface area contributed by atoms with Gasteiger partial charge in [0.15, 0.2) is 17.9 Å². The third-order valence-corrected chi connectivity index (χ3v) is 4.17. The van der Waals surface area contributed by atoms with E-state index in [2.05, 4.69) is 0 Å². The Hall–Kier alpha value is 0.110. The Labute approximate surface area is 129 Å². The van der Waals surface area contributed by atoms with Gasteiger partial charge in [-0.1, -0.05) is 0 Å². The number of ether oxygens (including phenoxy) is 6. The minimum absolute atomic E-state index is 0.173. The van der Waals surface area contributed by atoms with Gasteiger partial charge < -0.3 is 28.4 Å². The first-order valence-corrected chi connectivity index (χ1v) is 8.64. The summed E-state index contributed by atoms with van der Waals surface area (Å²) >= 11 is 1.62. The van der Waals surface area contributed by atoms with Gasteiger partial charge in [-0.15, -0.1) is 11.8 Å². The molecule has 21 heavy (non-hydrogen) atoms. The van der Waals surface area contributed by atoms with Crippen molar-refractivity contribution in [3.8, 4) is 0 Å². The van der Waals surface area contributed by atoms with Crippen molar-refractivity contribution in [1.29, 1.82) is 0 Å². The highest BCUT2D eigenvalue weighted by Gasteiger charge is 2.58. The molecule has 5 atom stereocenters. The van der Waals surface area contributed by atoms with Crippen LogP contribution in [0.5, 0.6) is 0 Å². The Bertz CT molecular complexity index is 388.